The van der Waals surface area contributed by atoms with Crippen molar-refractivity contribution in [2.24, 2.45) is 0 Å². The fraction of sp³-hybridized carbons (Fsp3) is 0.172. The van der Waals surface area contributed by atoms with Crippen LogP contribution in [0.15, 0.2) is 102 Å². The zero-order valence-electron chi connectivity index (χ0n) is 21.7. The number of carbonyl (C=O) groups excluding carboxylic acids is 1. The van der Waals surface area contributed by atoms with Crippen LogP contribution in [0.3, 0.4) is 0 Å². The van der Waals surface area contributed by atoms with E-state index >= 15 is 4.48 Å². The molecule has 0 radical (unpaired) electrons. The third-order valence-electron chi connectivity index (χ3n) is 6.15. The lowest BCUT2D eigenvalue weighted by molar-refractivity contribution is -0.145. The van der Waals surface area contributed by atoms with E-state index in [1.54, 1.807) is 43.3 Å². The Balaban J connectivity index is 1.29. The molecule has 4 aromatic rings. The number of carboxylic acids is 1. The van der Waals surface area contributed by atoms with Gasteiger partial charge in [-0.1, -0.05) is 70.3 Å². The molecule has 0 spiro atoms. The number of benzene rings is 2. The molecular formula is C29H25FN4O7. The van der Waals surface area contributed by atoms with Crippen molar-refractivity contribution in [2.75, 3.05) is 0 Å². The Labute approximate surface area is 233 Å². The molecule has 3 heterocycles. The summed E-state index contributed by atoms with van der Waals surface area (Å²) in [5.74, 6) is -1.56. The van der Waals surface area contributed by atoms with Crippen molar-refractivity contribution in [3.05, 3.63) is 120 Å². The first-order valence-electron chi connectivity index (χ1n) is 12.6. The van der Waals surface area contributed by atoms with Crippen molar-refractivity contribution in [1.29, 1.82) is 0 Å². The molecule has 0 saturated carbocycles. The van der Waals surface area contributed by atoms with Gasteiger partial charge in [0.2, 0.25) is 18.2 Å². The Morgan fingerprint density at radius 2 is 1.80 bits per heavy atom. The molecule has 1 amide bonds. The molecule has 2 aromatic heterocycles. The summed E-state index contributed by atoms with van der Waals surface area (Å²) in [6, 6.07) is 22.4. The lowest BCUT2D eigenvalue weighted by atomic mass is 10.1. The fourth-order valence-electron chi connectivity index (χ4n) is 4.09. The lowest BCUT2D eigenvalue weighted by Gasteiger charge is -2.19. The van der Waals surface area contributed by atoms with Crippen LogP contribution < -0.4 is 10.1 Å². The van der Waals surface area contributed by atoms with Crippen LogP contribution in [0.1, 0.15) is 41.6 Å². The molecule has 210 valence electrons. The van der Waals surface area contributed by atoms with Crippen LogP contribution in [-0.2, 0) is 20.7 Å². The van der Waals surface area contributed by atoms with Crippen LogP contribution in [0.4, 0.5) is 9.28 Å². The average molecular weight is 561 g/mol. The highest BCUT2D eigenvalue weighted by Crippen LogP contribution is 2.40. The number of rotatable bonds is 10. The van der Waals surface area contributed by atoms with Crippen LogP contribution in [0.25, 0.3) is 5.76 Å². The monoisotopic (exact) mass is 560 g/mol. The normalized spacial score (nSPS) is 16.0. The number of hydrogen-bond donors (Lipinski definition) is 2. The molecule has 11 nitrogen and oxygen atoms in total. The van der Waals surface area contributed by atoms with Gasteiger partial charge in [0.15, 0.2) is 17.3 Å². The second kappa shape index (κ2) is 12.2. The van der Waals surface area contributed by atoms with E-state index in [2.05, 4.69) is 15.5 Å². The predicted molar refractivity (Wildman–Crippen MR) is 141 cm³/mol. The standard InChI is InChI=1S/C29H25FN4O7/c1-18(20-10-6-3-7-11-20)39-29(37)32-26-25(22-14-15-38-33-22)41-27(34(26)30)21-12-13-24(31-17-21)40-23(28(35)36)16-19-8-4-2-5-9-19/h2-15,17-18,23,27H,16H2,1H3,(H,32,37)(H,35,36). The fourth-order valence-corrected chi connectivity index (χ4v) is 4.09. The summed E-state index contributed by atoms with van der Waals surface area (Å²) < 4.78 is 37.3. The summed E-state index contributed by atoms with van der Waals surface area (Å²) in [7, 11) is 0. The van der Waals surface area contributed by atoms with Gasteiger partial charge in [0, 0.05) is 30.3 Å². The molecule has 5 rings (SSSR count). The number of halogens is 1. The first kappa shape index (κ1) is 27.2. The molecule has 1 aliphatic heterocycles. The van der Waals surface area contributed by atoms with Crippen molar-refractivity contribution in [3.63, 3.8) is 0 Å². The average Bonchev–Trinajstić information content (AvgIpc) is 3.63. The van der Waals surface area contributed by atoms with E-state index in [0.717, 1.165) is 11.1 Å². The summed E-state index contributed by atoms with van der Waals surface area (Å²) in [6.45, 7) is 1.69. The van der Waals surface area contributed by atoms with Gasteiger partial charge in [0.25, 0.3) is 0 Å². The van der Waals surface area contributed by atoms with Gasteiger partial charge in [-0.05, 0) is 24.1 Å². The van der Waals surface area contributed by atoms with Crippen molar-refractivity contribution in [3.8, 4) is 5.88 Å². The third-order valence-corrected chi connectivity index (χ3v) is 6.15. The largest absolute Gasteiger partial charge is 0.478 e. The number of pyridine rings is 1. The van der Waals surface area contributed by atoms with Crippen molar-refractivity contribution < 1.29 is 37.9 Å². The van der Waals surface area contributed by atoms with Crippen LogP contribution in [0.2, 0.25) is 0 Å². The summed E-state index contributed by atoms with van der Waals surface area (Å²) in [5.41, 5.74) is 1.93. The van der Waals surface area contributed by atoms with Gasteiger partial charge in [-0.3, -0.25) is 5.32 Å². The second-order valence-corrected chi connectivity index (χ2v) is 8.99. The first-order chi connectivity index (χ1) is 19.9. The highest BCUT2D eigenvalue weighted by atomic mass is 19.2. The highest BCUT2D eigenvalue weighted by molar-refractivity contribution is 5.74. The molecule has 3 atom stereocenters. The number of nitrogens with zero attached hydrogens (tertiary/aromatic N) is 3. The zero-order valence-corrected chi connectivity index (χ0v) is 21.7. The van der Waals surface area contributed by atoms with E-state index in [9.17, 15) is 14.7 Å². The number of aliphatic carboxylic acids is 1. The molecule has 0 saturated heterocycles. The number of carbonyl (C=O) groups is 2. The molecular weight excluding hydrogens is 535 g/mol. The van der Waals surface area contributed by atoms with Crippen molar-refractivity contribution >= 4 is 17.8 Å². The van der Waals surface area contributed by atoms with Crippen LogP contribution >= 0.6 is 0 Å². The van der Waals surface area contributed by atoms with Gasteiger partial charge in [-0.25, -0.2) is 14.6 Å². The first-order valence-corrected chi connectivity index (χ1v) is 12.6. The number of carboxylic acid groups (broad SMARTS) is 1. The summed E-state index contributed by atoms with van der Waals surface area (Å²) >= 11 is 0. The molecule has 12 heteroatoms. The number of nitrogens with one attached hydrogen (secondary N) is 1. The number of ether oxygens (including phenoxy) is 3. The zero-order chi connectivity index (χ0) is 28.8. The maximum Gasteiger partial charge on any atom is 0.413 e. The van der Waals surface area contributed by atoms with Gasteiger partial charge in [-0.2, -0.15) is 0 Å². The van der Waals surface area contributed by atoms with Gasteiger partial charge in [0.1, 0.15) is 12.4 Å². The third kappa shape index (κ3) is 6.44. The quantitative estimate of drug-likeness (QED) is 0.250. The number of hydrogen-bond acceptors (Lipinski definition) is 9. The molecule has 2 N–H and O–H groups in total. The maximum absolute atomic E-state index is 15.6. The van der Waals surface area contributed by atoms with Gasteiger partial charge < -0.3 is 23.8 Å². The number of amides is 1. The minimum atomic E-state index is -1.36. The lowest BCUT2D eigenvalue weighted by Crippen LogP contribution is -2.31. The summed E-state index contributed by atoms with van der Waals surface area (Å²) in [5, 5.41) is 16.0. The Morgan fingerprint density at radius 1 is 1.07 bits per heavy atom. The Bertz CT molecular complexity index is 1500. The Hall–Kier alpha value is -5.39. The molecule has 0 bridgehead atoms. The SMILES string of the molecule is CC(OC(=O)NC1=C(c2ccon2)OC(c2ccc(OC(Cc3ccccc3)C(=O)O)nc2)N1F)c1ccccc1. The minimum Gasteiger partial charge on any atom is -0.478 e. The van der Waals surface area contributed by atoms with E-state index in [1.165, 1.54) is 30.7 Å². The Morgan fingerprint density at radius 3 is 2.44 bits per heavy atom. The molecule has 1 aliphatic rings. The van der Waals surface area contributed by atoms with E-state index < -0.39 is 30.5 Å². The summed E-state index contributed by atoms with van der Waals surface area (Å²) in [6.07, 6.45) is -1.37. The highest BCUT2D eigenvalue weighted by Gasteiger charge is 2.39. The van der Waals surface area contributed by atoms with E-state index in [0.29, 0.717) is 0 Å². The van der Waals surface area contributed by atoms with Crippen LogP contribution in [-0.4, -0.2) is 38.5 Å². The molecule has 2 aromatic carbocycles. The van der Waals surface area contributed by atoms with E-state index in [-0.39, 0.29) is 40.3 Å². The number of alkyl carbamates (subject to hydrolysis) is 1. The smallest absolute Gasteiger partial charge is 0.413 e. The van der Waals surface area contributed by atoms with Gasteiger partial charge in [-0.15, -0.1) is 5.12 Å². The van der Waals surface area contributed by atoms with E-state index in [4.69, 9.17) is 18.7 Å². The topological polar surface area (TPSA) is 136 Å². The minimum absolute atomic E-state index is 0.0296. The van der Waals surface area contributed by atoms with Crippen molar-refractivity contribution in [2.45, 2.75) is 31.8 Å². The second-order valence-electron chi connectivity index (χ2n) is 8.99. The van der Waals surface area contributed by atoms with Crippen LogP contribution in [0, 0.1) is 0 Å². The molecule has 0 aliphatic carbocycles. The van der Waals surface area contributed by atoms with Crippen LogP contribution in [0.5, 0.6) is 5.88 Å². The maximum atomic E-state index is 15.6. The Kier molecular flexibility index (Phi) is 8.09. The van der Waals surface area contributed by atoms with E-state index in [1.807, 2.05) is 24.3 Å². The molecule has 41 heavy (non-hydrogen) atoms. The number of aromatic nitrogens is 2. The molecule has 3 unspecified atom stereocenters. The van der Waals surface area contributed by atoms with Crippen molar-refractivity contribution in [1.82, 2.24) is 20.6 Å². The van der Waals surface area contributed by atoms with Gasteiger partial charge >= 0.3 is 12.1 Å². The van der Waals surface area contributed by atoms with Gasteiger partial charge in [0.05, 0.1) is 0 Å². The molecule has 0 fully saturated rings. The predicted octanol–water partition coefficient (Wildman–Crippen LogP) is 5.17. The summed E-state index contributed by atoms with van der Waals surface area (Å²) in [4.78, 5) is 28.6.